The summed E-state index contributed by atoms with van der Waals surface area (Å²) in [6.45, 7) is 1.92. The van der Waals surface area contributed by atoms with Crippen LogP contribution >= 0.6 is 0 Å². The van der Waals surface area contributed by atoms with E-state index in [2.05, 4.69) is 0 Å². The van der Waals surface area contributed by atoms with Gasteiger partial charge in [0.2, 0.25) is 0 Å². The number of sulfone groups is 1. The SMILES string of the molecule is Cc1ccccc1CS(=O)(=O)Cc1ccc(N)cc1. The third kappa shape index (κ3) is 3.83. The van der Waals surface area contributed by atoms with E-state index in [0.717, 1.165) is 16.7 Å². The Morgan fingerprint density at radius 3 is 2.21 bits per heavy atom. The Kier molecular flexibility index (Phi) is 3.90. The maximum absolute atomic E-state index is 12.2. The van der Waals surface area contributed by atoms with Crippen molar-refractivity contribution in [3.8, 4) is 0 Å². The maximum atomic E-state index is 12.2. The van der Waals surface area contributed by atoms with Gasteiger partial charge in [-0.25, -0.2) is 8.42 Å². The minimum atomic E-state index is -3.16. The number of benzene rings is 2. The number of nitrogens with two attached hydrogens (primary N) is 1. The van der Waals surface area contributed by atoms with E-state index in [-0.39, 0.29) is 11.5 Å². The highest BCUT2D eigenvalue weighted by Gasteiger charge is 2.14. The molecule has 0 saturated heterocycles. The van der Waals surface area contributed by atoms with Gasteiger partial charge in [0.05, 0.1) is 11.5 Å². The van der Waals surface area contributed by atoms with Gasteiger partial charge >= 0.3 is 0 Å². The summed E-state index contributed by atoms with van der Waals surface area (Å²) in [5.41, 5.74) is 8.85. The van der Waals surface area contributed by atoms with Crippen LogP contribution in [0.4, 0.5) is 5.69 Å². The second-order valence-corrected chi connectivity index (χ2v) is 6.76. The highest BCUT2D eigenvalue weighted by molar-refractivity contribution is 7.89. The zero-order chi connectivity index (χ0) is 13.9. The quantitative estimate of drug-likeness (QED) is 0.873. The molecular weight excluding hydrogens is 258 g/mol. The van der Waals surface area contributed by atoms with Crippen molar-refractivity contribution in [3.05, 3.63) is 65.2 Å². The second-order valence-electron chi connectivity index (χ2n) is 4.70. The predicted octanol–water partition coefficient (Wildman–Crippen LogP) is 2.69. The summed E-state index contributed by atoms with van der Waals surface area (Å²) in [5, 5.41) is 0. The summed E-state index contributed by atoms with van der Waals surface area (Å²) in [5.74, 6) is 0.117. The van der Waals surface area contributed by atoms with Crippen molar-refractivity contribution >= 4 is 15.5 Å². The van der Waals surface area contributed by atoms with Crippen molar-refractivity contribution in [1.29, 1.82) is 0 Å². The molecule has 0 aromatic heterocycles. The number of hydrogen-bond donors (Lipinski definition) is 1. The number of hydrogen-bond acceptors (Lipinski definition) is 3. The molecule has 0 aliphatic heterocycles. The van der Waals surface area contributed by atoms with Crippen LogP contribution in [-0.2, 0) is 21.3 Å². The number of nitrogen functional groups attached to an aromatic ring is 1. The first-order valence-electron chi connectivity index (χ1n) is 6.06. The molecule has 4 heteroatoms. The molecule has 0 radical (unpaired) electrons. The lowest BCUT2D eigenvalue weighted by Crippen LogP contribution is -2.08. The van der Waals surface area contributed by atoms with Gasteiger partial charge < -0.3 is 5.73 Å². The van der Waals surface area contributed by atoms with Gasteiger partial charge in [0.25, 0.3) is 0 Å². The molecular formula is C15H17NO2S. The highest BCUT2D eigenvalue weighted by Crippen LogP contribution is 2.16. The average Bonchev–Trinajstić information content (AvgIpc) is 2.35. The van der Waals surface area contributed by atoms with Gasteiger partial charge in [-0.05, 0) is 35.7 Å². The lowest BCUT2D eigenvalue weighted by Gasteiger charge is -2.07. The molecule has 0 saturated carbocycles. The van der Waals surface area contributed by atoms with Crippen LogP contribution in [0.1, 0.15) is 16.7 Å². The predicted molar refractivity (Wildman–Crippen MR) is 78.4 cm³/mol. The molecule has 2 aromatic rings. The smallest absolute Gasteiger partial charge is 0.158 e. The van der Waals surface area contributed by atoms with Crippen LogP contribution in [0, 0.1) is 6.92 Å². The fourth-order valence-corrected chi connectivity index (χ4v) is 3.53. The minimum Gasteiger partial charge on any atom is -0.399 e. The molecule has 0 aliphatic carbocycles. The molecule has 2 N–H and O–H groups in total. The van der Waals surface area contributed by atoms with Crippen LogP contribution in [0.5, 0.6) is 0 Å². The summed E-state index contributed by atoms with van der Waals surface area (Å²) in [4.78, 5) is 0. The molecule has 0 bridgehead atoms. The third-order valence-corrected chi connectivity index (χ3v) is 4.53. The van der Waals surface area contributed by atoms with E-state index in [9.17, 15) is 8.42 Å². The Hall–Kier alpha value is -1.81. The maximum Gasteiger partial charge on any atom is 0.158 e. The second kappa shape index (κ2) is 5.45. The molecule has 0 heterocycles. The van der Waals surface area contributed by atoms with E-state index in [4.69, 9.17) is 5.73 Å². The van der Waals surface area contributed by atoms with E-state index in [1.54, 1.807) is 24.3 Å². The van der Waals surface area contributed by atoms with E-state index in [0.29, 0.717) is 5.69 Å². The van der Waals surface area contributed by atoms with Crippen molar-refractivity contribution in [2.24, 2.45) is 0 Å². The Bertz CT molecular complexity index is 661. The lowest BCUT2D eigenvalue weighted by molar-refractivity contribution is 0.594. The largest absolute Gasteiger partial charge is 0.399 e. The molecule has 3 nitrogen and oxygen atoms in total. The monoisotopic (exact) mass is 275 g/mol. The van der Waals surface area contributed by atoms with Gasteiger partial charge in [0.1, 0.15) is 0 Å². The molecule has 2 aromatic carbocycles. The first-order valence-corrected chi connectivity index (χ1v) is 7.88. The summed E-state index contributed by atoms with van der Waals surface area (Å²) in [7, 11) is -3.16. The number of aryl methyl sites for hydroxylation is 1. The van der Waals surface area contributed by atoms with Gasteiger partial charge in [-0.1, -0.05) is 36.4 Å². The van der Waals surface area contributed by atoms with Crippen molar-refractivity contribution in [2.75, 3.05) is 5.73 Å². The first kappa shape index (κ1) is 13.6. The zero-order valence-corrected chi connectivity index (χ0v) is 11.7. The van der Waals surface area contributed by atoms with Crippen LogP contribution in [0.2, 0.25) is 0 Å². The van der Waals surface area contributed by atoms with Crippen LogP contribution in [0.15, 0.2) is 48.5 Å². The van der Waals surface area contributed by atoms with E-state index in [1.165, 1.54) is 0 Å². The first-order chi connectivity index (χ1) is 8.96. The van der Waals surface area contributed by atoms with Gasteiger partial charge in [0.15, 0.2) is 9.84 Å². The molecule has 100 valence electrons. The number of rotatable bonds is 4. The molecule has 0 spiro atoms. The van der Waals surface area contributed by atoms with Crippen LogP contribution in [0.25, 0.3) is 0 Å². The number of anilines is 1. The molecule has 0 amide bonds. The topological polar surface area (TPSA) is 60.2 Å². The van der Waals surface area contributed by atoms with Gasteiger partial charge in [-0.2, -0.15) is 0 Å². The standard InChI is InChI=1S/C15H17NO2S/c1-12-4-2-3-5-14(12)11-19(17,18)10-13-6-8-15(16)9-7-13/h2-9H,10-11,16H2,1H3. The van der Waals surface area contributed by atoms with E-state index in [1.807, 2.05) is 31.2 Å². The Balaban J connectivity index is 2.15. The van der Waals surface area contributed by atoms with Gasteiger partial charge in [-0.15, -0.1) is 0 Å². The fourth-order valence-electron chi connectivity index (χ4n) is 1.93. The molecule has 0 atom stereocenters. The Labute approximate surface area is 114 Å². The van der Waals surface area contributed by atoms with E-state index >= 15 is 0 Å². The summed E-state index contributed by atoms with van der Waals surface area (Å²) in [6, 6.07) is 14.5. The highest BCUT2D eigenvalue weighted by atomic mass is 32.2. The molecule has 0 unspecified atom stereocenters. The fraction of sp³-hybridized carbons (Fsp3) is 0.200. The lowest BCUT2D eigenvalue weighted by atomic mass is 10.1. The third-order valence-electron chi connectivity index (χ3n) is 3.00. The van der Waals surface area contributed by atoms with Crippen molar-refractivity contribution in [1.82, 2.24) is 0 Å². The van der Waals surface area contributed by atoms with Crippen LogP contribution in [0.3, 0.4) is 0 Å². The minimum absolute atomic E-state index is 0.0433. The average molecular weight is 275 g/mol. The summed E-state index contributed by atoms with van der Waals surface area (Å²) < 4.78 is 24.4. The van der Waals surface area contributed by atoms with Crippen LogP contribution in [-0.4, -0.2) is 8.42 Å². The van der Waals surface area contributed by atoms with Crippen molar-refractivity contribution < 1.29 is 8.42 Å². The molecule has 0 fully saturated rings. The van der Waals surface area contributed by atoms with Gasteiger partial charge in [-0.3, -0.25) is 0 Å². The zero-order valence-electron chi connectivity index (χ0n) is 10.8. The van der Waals surface area contributed by atoms with E-state index < -0.39 is 9.84 Å². The molecule has 2 rings (SSSR count). The summed E-state index contributed by atoms with van der Waals surface area (Å²) >= 11 is 0. The molecule has 19 heavy (non-hydrogen) atoms. The Morgan fingerprint density at radius 2 is 1.58 bits per heavy atom. The van der Waals surface area contributed by atoms with Gasteiger partial charge in [0, 0.05) is 5.69 Å². The van der Waals surface area contributed by atoms with Crippen LogP contribution < -0.4 is 5.73 Å². The molecule has 0 aliphatic rings. The van der Waals surface area contributed by atoms with Crippen molar-refractivity contribution in [2.45, 2.75) is 18.4 Å². The van der Waals surface area contributed by atoms with Crippen molar-refractivity contribution in [3.63, 3.8) is 0 Å². The summed E-state index contributed by atoms with van der Waals surface area (Å²) in [6.07, 6.45) is 0. The normalized spacial score (nSPS) is 11.4. The Morgan fingerprint density at radius 1 is 0.947 bits per heavy atom.